The molecule has 1 fully saturated rings. The number of aromatic nitrogens is 2. The summed E-state index contributed by atoms with van der Waals surface area (Å²) in [5, 5.41) is 16.6. The van der Waals surface area contributed by atoms with Crippen LogP contribution in [0.1, 0.15) is 45.1 Å². The highest BCUT2D eigenvalue weighted by Crippen LogP contribution is 2.33. The number of aliphatic hydroxyl groups excluding tert-OH is 1. The van der Waals surface area contributed by atoms with Crippen molar-refractivity contribution >= 4 is 40.7 Å². The predicted molar refractivity (Wildman–Crippen MR) is 146 cm³/mol. The van der Waals surface area contributed by atoms with Crippen molar-refractivity contribution in [3.8, 4) is 0 Å². The van der Waals surface area contributed by atoms with Crippen LogP contribution < -0.4 is 21.5 Å². The van der Waals surface area contributed by atoms with Gasteiger partial charge in [0.05, 0.1) is 22.7 Å². The molecule has 38 heavy (non-hydrogen) atoms. The van der Waals surface area contributed by atoms with E-state index in [1.807, 2.05) is 12.1 Å². The number of fused-ring (bicyclic) bond motifs is 2. The number of nitrogens with one attached hydrogen (secondary N) is 4. The summed E-state index contributed by atoms with van der Waals surface area (Å²) in [5.41, 5.74) is 9.44. The van der Waals surface area contributed by atoms with E-state index in [4.69, 9.17) is 23.8 Å². The lowest BCUT2D eigenvalue weighted by Crippen LogP contribution is -2.43. The average Bonchev–Trinajstić information content (AvgIpc) is 3.13. The number of amides is 1. The van der Waals surface area contributed by atoms with Gasteiger partial charge in [0.25, 0.3) is 5.91 Å². The van der Waals surface area contributed by atoms with Crippen molar-refractivity contribution in [1.82, 2.24) is 30.9 Å². The first-order chi connectivity index (χ1) is 18.3. The van der Waals surface area contributed by atoms with E-state index >= 15 is 0 Å². The monoisotopic (exact) mass is 555 g/mol. The molecule has 5 N–H and O–H groups in total. The minimum atomic E-state index is -0.735. The Balaban J connectivity index is 1.26. The Bertz CT molecular complexity index is 1380. The molecular weight excluding hydrogens is 529 g/mol. The van der Waals surface area contributed by atoms with Gasteiger partial charge < -0.3 is 15.7 Å². The fraction of sp³-hybridized carbons (Fsp3) is 0.308. The summed E-state index contributed by atoms with van der Waals surface area (Å²) in [7, 11) is 1.80. The van der Waals surface area contributed by atoms with Crippen LogP contribution in [-0.4, -0.2) is 56.9 Å². The van der Waals surface area contributed by atoms with Gasteiger partial charge in [0.15, 0.2) is 10.9 Å². The van der Waals surface area contributed by atoms with E-state index in [1.54, 1.807) is 30.4 Å². The summed E-state index contributed by atoms with van der Waals surface area (Å²) in [6.45, 7) is 0.692. The Kier molecular flexibility index (Phi) is 7.70. The number of rotatable bonds is 5. The number of aryl methyl sites for hydroxylation is 1. The lowest BCUT2D eigenvalue weighted by molar-refractivity contribution is 0.0355. The van der Waals surface area contributed by atoms with Gasteiger partial charge >= 0.3 is 0 Å². The number of likely N-dealkylation sites (N-methyl/N-ethyl adjacent to an activating group) is 1. The van der Waals surface area contributed by atoms with Crippen LogP contribution in [-0.2, 0) is 12.8 Å². The summed E-state index contributed by atoms with van der Waals surface area (Å²) >= 11 is 11.9. The summed E-state index contributed by atoms with van der Waals surface area (Å²) in [6, 6.07) is 7.70. The first kappa shape index (κ1) is 26.2. The minimum Gasteiger partial charge on any atom is -0.376 e. The third kappa shape index (κ3) is 5.41. The Morgan fingerprint density at radius 1 is 1.21 bits per heavy atom. The molecule has 0 spiro atoms. The molecule has 0 bridgehead atoms. The number of pyridine rings is 2. The summed E-state index contributed by atoms with van der Waals surface area (Å²) in [5.74, 6) is -0.356. The molecule has 2 aromatic heterocycles. The Morgan fingerprint density at radius 2 is 2.05 bits per heavy atom. The van der Waals surface area contributed by atoms with Crippen molar-refractivity contribution < 1.29 is 14.3 Å². The summed E-state index contributed by atoms with van der Waals surface area (Å²) in [4.78, 5) is 22.9. The highest BCUT2D eigenvalue weighted by atomic mass is 35.5. The molecule has 1 amide bonds. The van der Waals surface area contributed by atoms with Gasteiger partial charge in [-0.25, -0.2) is 9.37 Å². The van der Waals surface area contributed by atoms with E-state index in [1.165, 1.54) is 18.3 Å². The number of hydrazine groups is 1. The highest BCUT2D eigenvalue weighted by Gasteiger charge is 2.31. The molecule has 1 aliphatic carbocycles. The van der Waals surface area contributed by atoms with Gasteiger partial charge in [-0.1, -0.05) is 23.7 Å². The van der Waals surface area contributed by atoms with E-state index in [-0.39, 0.29) is 39.3 Å². The molecule has 1 aliphatic heterocycles. The van der Waals surface area contributed by atoms with Crippen LogP contribution >= 0.6 is 23.8 Å². The lowest BCUT2D eigenvalue weighted by Gasteiger charge is -2.24. The molecule has 5 rings (SSSR count). The standard InChI is InChI=1S/C26H27ClFN7O2S/c1-35-10-8-21(25(35)37)31-24(36)15-11-19(27)23(30-12-15)33-34-26(38)32-22-17-3-2-4-20(28)16(17)6-5-14-7-9-29-13-18(14)22/h2-4,7,9,11-13,21-22,25,37H,5-6,8,10H2,1H3,(H,30,33)(H,31,36)(H2,32,34,38). The van der Waals surface area contributed by atoms with Crippen LogP contribution in [0.15, 0.2) is 48.9 Å². The Labute approximate surface area is 229 Å². The molecule has 2 aliphatic rings. The van der Waals surface area contributed by atoms with Crippen LogP contribution in [0, 0.1) is 5.82 Å². The van der Waals surface area contributed by atoms with Crippen molar-refractivity contribution in [2.24, 2.45) is 0 Å². The third-order valence-electron chi connectivity index (χ3n) is 6.96. The number of aliphatic hydroxyl groups is 1. The van der Waals surface area contributed by atoms with Gasteiger partial charge in [-0.3, -0.25) is 25.5 Å². The van der Waals surface area contributed by atoms with Crippen molar-refractivity contribution in [3.05, 3.63) is 87.6 Å². The van der Waals surface area contributed by atoms with Gasteiger partial charge in [-0.15, -0.1) is 0 Å². The SMILES string of the molecule is CN1CCC(NC(=O)c2cnc(NNC(=S)NC3c4cnccc4CCc4c(F)cccc43)c(Cl)c2)C1O. The van der Waals surface area contributed by atoms with Crippen LogP contribution in [0.3, 0.4) is 0 Å². The quantitative estimate of drug-likeness (QED) is 0.239. The largest absolute Gasteiger partial charge is 0.376 e. The second-order valence-electron chi connectivity index (χ2n) is 9.36. The molecule has 3 unspecified atom stereocenters. The van der Waals surface area contributed by atoms with E-state index < -0.39 is 12.3 Å². The third-order valence-corrected chi connectivity index (χ3v) is 7.47. The van der Waals surface area contributed by atoms with Crippen molar-refractivity contribution in [2.75, 3.05) is 19.0 Å². The maximum absolute atomic E-state index is 14.7. The fourth-order valence-electron chi connectivity index (χ4n) is 4.88. The smallest absolute Gasteiger partial charge is 0.253 e. The average molecular weight is 556 g/mol. The zero-order chi connectivity index (χ0) is 26.8. The molecule has 1 aromatic carbocycles. The molecule has 0 radical (unpaired) electrons. The molecule has 9 nitrogen and oxygen atoms in total. The van der Waals surface area contributed by atoms with Gasteiger partial charge in [0, 0.05) is 30.7 Å². The normalized spacial score (nSPS) is 20.6. The molecule has 3 heterocycles. The van der Waals surface area contributed by atoms with Crippen molar-refractivity contribution in [1.29, 1.82) is 0 Å². The number of benzene rings is 1. The molecule has 3 aromatic rings. The number of anilines is 1. The number of hydrogen-bond acceptors (Lipinski definition) is 7. The zero-order valence-electron chi connectivity index (χ0n) is 20.5. The highest BCUT2D eigenvalue weighted by molar-refractivity contribution is 7.80. The number of carbonyl (C=O) groups is 1. The number of likely N-dealkylation sites (tertiary alicyclic amines) is 1. The topological polar surface area (TPSA) is 114 Å². The molecule has 198 valence electrons. The number of halogens is 2. The first-order valence-electron chi connectivity index (χ1n) is 12.2. The van der Waals surface area contributed by atoms with Crippen molar-refractivity contribution in [2.45, 2.75) is 37.6 Å². The Hall–Kier alpha value is -3.38. The zero-order valence-corrected chi connectivity index (χ0v) is 22.1. The van der Waals surface area contributed by atoms with Crippen LogP contribution in [0.25, 0.3) is 0 Å². The number of nitrogens with zero attached hydrogens (tertiary/aromatic N) is 3. The lowest BCUT2D eigenvalue weighted by atomic mass is 9.96. The summed E-state index contributed by atoms with van der Waals surface area (Å²) in [6.07, 6.45) is 6.07. The van der Waals surface area contributed by atoms with E-state index in [0.717, 1.165) is 16.7 Å². The second-order valence-corrected chi connectivity index (χ2v) is 10.2. The molecule has 12 heteroatoms. The van der Waals surface area contributed by atoms with Crippen LogP contribution in [0.4, 0.5) is 10.2 Å². The van der Waals surface area contributed by atoms with Gasteiger partial charge in [-0.2, -0.15) is 0 Å². The number of hydrogen-bond donors (Lipinski definition) is 5. The Morgan fingerprint density at radius 3 is 2.82 bits per heavy atom. The summed E-state index contributed by atoms with van der Waals surface area (Å²) < 4.78 is 14.7. The number of carbonyl (C=O) groups excluding carboxylic acids is 1. The van der Waals surface area contributed by atoms with Crippen LogP contribution in [0.2, 0.25) is 5.02 Å². The molecule has 1 saturated heterocycles. The number of thiocarbonyl (C=S) groups is 1. The molecular formula is C26H27ClFN7O2S. The van der Waals surface area contributed by atoms with Gasteiger partial charge in [0.1, 0.15) is 12.0 Å². The van der Waals surface area contributed by atoms with E-state index in [2.05, 4.69) is 31.5 Å². The van der Waals surface area contributed by atoms with Gasteiger partial charge in [-0.05, 0) is 73.4 Å². The second kappa shape index (κ2) is 11.2. The van der Waals surface area contributed by atoms with E-state index in [0.29, 0.717) is 31.4 Å². The maximum atomic E-state index is 14.7. The van der Waals surface area contributed by atoms with Crippen molar-refractivity contribution in [3.63, 3.8) is 0 Å². The predicted octanol–water partition coefficient (Wildman–Crippen LogP) is 2.70. The van der Waals surface area contributed by atoms with Gasteiger partial charge in [0.2, 0.25) is 0 Å². The first-order valence-corrected chi connectivity index (χ1v) is 13.0. The fourth-order valence-corrected chi connectivity index (χ4v) is 5.26. The molecule has 3 atom stereocenters. The minimum absolute atomic E-state index is 0.202. The molecule has 0 saturated carbocycles. The maximum Gasteiger partial charge on any atom is 0.253 e. The van der Waals surface area contributed by atoms with Crippen LogP contribution in [0.5, 0.6) is 0 Å². The van der Waals surface area contributed by atoms with E-state index in [9.17, 15) is 14.3 Å².